The van der Waals surface area contributed by atoms with Gasteiger partial charge in [-0.2, -0.15) is 5.10 Å². The highest BCUT2D eigenvalue weighted by Gasteiger charge is 2.13. The Morgan fingerprint density at radius 2 is 2.00 bits per heavy atom. The van der Waals surface area contributed by atoms with E-state index in [1.54, 1.807) is 0 Å². The third-order valence-corrected chi connectivity index (χ3v) is 2.55. The van der Waals surface area contributed by atoms with Gasteiger partial charge in [0.05, 0.1) is 11.6 Å². The first-order valence-corrected chi connectivity index (χ1v) is 5.07. The summed E-state index contributed by atoms with van der Waals surface area (Å²) in [6.45, 7) is 2.21. The third-order valence-electron chi connectivity index (χ3n) is 2.27. The highest BCUT2D eigenvalue weighted by Crippen LogP contribution is 2.16. The molecule has 0 aliphatic carbocycles. The fourth-order valence-electron chi connectivity index (χ4n) is 1.54. The fourth-order valence-corrected chi connectivity index (χ4v) is 1.68. The van der Waals surface area contributed by atoms with Crippen LogP contribution in [0.2, 0.25) is 0 Å². The van der Waals surface area contributed by atoms with Crippen LogP contribution in [0.1, 0.15) is 18.5 Å². The SMILES string of the molecule is ClCc1ccc(N2CCCC2)nn1. The summed E-state index contributed by atoms with van der Waals surface area (Å²) in [6.07, 6.45) is 2.53. The molecule has 3 nitrogen and oxygen atoms in total. The number of rotatable bonds is 2. The summed E-state index contributed by atoms with van der Waals surface area (Å²) < 4.78 is 0. The van der Waals surface area contributed by atoms with Crippen LogP contribution in [0.15, 0.2) is 12.1 Å². The summed E-state index contributed by atoms with van der Waals surface area (Å²) in [6, 6.07) is 3.93. The average Bonchev–Trinajstić information content (AvgIpc) is 2.71. The summed E-state index contributed by atoms with van der Waals surface area (Å²) in [7, 11) is 0. The summed E-state index contributed by atoms with van der Waals surface area (Å²) >= 11 is 5.62. The van der Waals surface area contributed by atoms with Crippen molar-refractivity contribution in [2.75, 3.05) is 18.0 Å². The van der Waals surface area contributed by atoms with E-state index in [1.165, 1.54) is 12.8 Å². The normalized spacial score (nSPS) is 16.5. The van der Waals surface area contributed by atoms with Crippen LogP contribution in [-0.4, -0.2) is 23.3 Å². The van der Waals surface area contributed by atoms with Crippen LogP contribution in [0.5, 0.6) is 0 Å². The maximum absolute atomic E-state index is 5.62. The largest absolute Gasteiger partial charge is 0.355 e. The Balaban J connectivity index is 2.12. The molecule has 0 atom stereocenters. The lowest BCUT2D eigenvalue weighted by Gasteiger charge is -2.14. The van der Waals surface area contributed by atoms with Crippen molar-refractivity contribution < 1.29 is 0 Å². The second-order valence-electron chi connectivity index (χ2n) is 3.21. The number of halogens is 1. The van der Waals surface area contributed by atoms with E-state index in [-0.39, 0.29) is 0 Å². The van der Waals surface area contributed by atoms with E-state index in [2.05, 4.69) is 15.1 Å². The molecule has 2 heterocycles. The molecule has 0 bridgehead atoms. The molecule has 1 fully saturated rings. The summed E-state index contributed by atoms with van der Waals surface area (Å²) in [5, 5.41) is 8.14. The standard InChI is InChI=1S/C9H12ClN3/c10-7-8-3-4-9(12-11-8)13-5-1-2-6-13/h3-4H,1-2,5-7H2. The molecule has 0 amide bonds. The minimum absolute atomic E-state index is 0.438. The van der Waals surface area contributed by atoms with E-state index in [1.807, 2.05) is 12.1 Å². The number of aromatic nitrogens is 2. The lowest BCUT2D eigenvalue weighted by Crippen LogP contribution is -2.19. The van der Waals surface area contributed by atoms with E-state index in [0.717, 1.165) is 24.6 Å². The van der Waals surface area contributed by atoms with E-state index in [0.29, 0.717) is 5.88 Å². The second kappa shape index (κ2) is 3.92. The van der Waals surface area contributed by atoms with E-state index in [9.17, 15) is 0 Å². The van der Waals surface area contributed by atoms with Crippen LogP contribution >= 0.6 is 11.6 Å². The molecule has 2 rings (SSSR count). The molecule has 0 saturated carbocycles. The number of nitrogens with zero attached hydrogens (tertiary/aromatic N) is 3. The Bertz CT molecular complexity index is 267. The molecule has 1 aromatic rings. The monoisotopic (exact) mass is 197 g/mol. The van der Waals surface area contributed by atoms with Crippen LogP contribution in [0.25, 0.3) is 0 Å². The van der Waals surface area contributed by atoms with Gasteiger partial charge in [0.25, 0.3) is 0 Å². The Hall–Kier alpha value is -0.830. The Kier molecular flexibility index (Phi) is 2.64. The van der Waals surface area contributed by atoms with Crippen molar-refractivity contribution in [3.05, 3.63) is 17.8 Å². The molecule has 0 unspecified atom stereocenters. The lowest BCUT2D eigenvalue weighted by molar-refractivity contribution is 0.876. The first kappa shape index (κ1) is 8.75. The van der Waals surface area contributed by atoms with Gasteiger partial charge in [-0.15, -0.1) is 16.7 Å². The van der Waals surface area contributed by atoms with Crippen LogP contribution in [-0.2, 0) is 5.88 Å². The van der Waals surface area contributed by atoms with Crippen molar-refractivity contribution in [1.82, 2.24) is 10.2 Å². The van der Waals surface area contributed by atoms with Crippen LogP contribution in [0.4, 0.5) is 5.82 Å². The van der Waals surface area contributed by atoms with Crippen molar-refractivity contribution in [3.63, 3.8) is 0 Å². The summed E-state index contributed by atoms with van der Waals surface area (Å²) in [5.74, 6) is 1.42. The topological polar surface area (TPSA) is 29.0 Å². The third kappa shape index (κ3) is 1.91. The van der Waals surface area contributed by atoms with Gasteiger partial charge in [0, 0.05) is 13.1 Å². The lowest BCUT2D eigenvalue weighted by atomic mass is 10.4. The molecule has 0 aromatic carbocycles. The highest BCUT2D eigenvalue weighted by molar-refractivity contribution is 6.16. The predicted molar refractivity (Wildman–Crippen MR) is 53.0 cm³/mol. The minimum atomic E-state index is 0.438. The van der Waals surface area contributed by atoms with Gasteiger partial charge in [0.2, 0.25) is 0 Å². The fraction of sp³-hybridized carbons (Fsp3) is 0.556. The van der Waals surface area contributed by atoms with Gasteiger partial charge in [-0.1, -0.05) is 0 Å². The minimum Gasteiger partial charge on any atom is -0.355 e. The molecule has 1 aliphatic heterocycles. The van der Waals surface area contributed by atoms with Crippen LogP contribution < -0.4 is 4.90 Å². The van der Waals surface area contributed by atoms with Crippen molar-refractivity contribution >= 4 is 17.4 Å². The maximum Gasteiger partial charge on any atom is 0.151 e. The summed E-state index contributed by atoms with van der Waals surface area (Å²) in [5.41, 5.74) is 0.838. The smallest absolute Gasteiger partial charge is 0.151 e. The van der Waals surface area contributed by atoms with E-state index < -0.39 is 0 Å². The first-order chi connectivity index (χ1) is 6.40. The van der Waals surface area contributed by atoms with Gasteiger partial charge in [-0.25, -0.2) is 0 Å². The van der Waals surface area contributed by atoms with Crippen LogP contribution in [0.3, 0.4) is 0 Å². The van der Waals surface area contributed by atoms with E-state index >= 15 is 0 Å². The van der Waals surface area contributed by atoms with Gasteiger partial charge in [0.1, 0.15) is 0 Å². The van der Waals surface area contributed by atoms with Gasteiger partial charge >= 0.3 is 0 Å². The number of hydrogen-bond acceptors (Lipinski definition) is 3. The van der Waals surface area contributed by atoms with E-state index in [4.69, 9.17) is 11.6 Å². The van der Waals surface area contributed by atoms with Gasteiger partial charge in [0.15, 0.2) is 5.82 Å². The van der Waals surface area contributed by atoms with Crippen molar-refractivity contribution in [3.8, 4) is 0 Å². The Labute approximate surface area is 82.7 Å². The molecule has 0 spiro atoms. The molecule has 0 N–H and O–H groups in total. The van der Waals surface area contributed by atoms with Crippen molar-refractivity contribution in [2.24, 2.45) is 0 Å². The molecule has 70 valence electrons. The number of hydrogen-bond donors (Lipinski definition) is 0. The highest BCUT2D eigenvalue weighted by atomic mass is 35.5. The quantitative estimate of drug-likeness (QED) is 0.678. The zero-order valence-corrected chi connectivity index (χ0v) is 8.17. The first-order valence-electron chi connectivity index (χ1n) is 4.53. The van der Waals surface area contributed by atoms with Gasteiger partial charge in [-0.3, -0.25) is 0 Å². The molecular formula is C9H12ClN3. The zero-order valence-electron chi connectivity index (χ0n) is 7.41. The Morgan fingerprint density at radius 3 is 2.54 bits per heavy atom. The zero-order chi connectivity index (χ0) is 9.10. The van der Waals surface area contributed by atoms with Crippen LogP contribution in [0, 0.1) is 0 Å². The van der Waals surface area contributed by atoms with Crippen molar-refractivity contribution in [2.45, 2.75) is 18.7 Å². The predicted octanol–water partition coefficient (Wildman–Crippen LogP) is 1.82. The van der Waals surface area contributed by atoms with Gasteiger partial charge in [-0.05, 0) is 25.0 Å². The molecule has 1 aromatic heterocycles. The molecule has 13 heavy (non-hydrogen) atoms. The molecule has 0 radical (unpaired) electrons. The van der Waals surface area contributed by atoms with Gasteiger partial charge < -0.3 is 4.90 Å². The summed E-state index contributed by atoms with van der Waals surface area (Å²) in [4.78, 5) is 2.25. The second-order valence-corrected chi connectivity index (χ2v) is 3.48. The Morgan fingerprint density at radius 1 is 1.23 bits per heavy atom. The van der Waals surface area contributed by atoms with Crippen molar-refractivity contribution in [1.29, 1.82) is 0 Å². The molecule has 1 saturated heterocycles. The molecule has 4 heteroatoms. The number of anilines is 1. The number of alkyl halides is 1. The maximum atomic E-state index is 5.62. The molecular weight excluding hydrogens is 186 g/mol. The average molecular weight is 198 g/mol. The molecule has 1 aliphatic rings.